The van der Waals surface area contributed by atoms with Crippen molar-refractivity contribution in [3.8, 4) is 0 Å². The second kappa shape index (κ2) is 20.8. The Balaban J connectivity index is 1.35. The van der Waals surface area contributed by atoms with E-state index in [1.807, 2.05) is 18.2 Å². The molecule has 1 amide bonds. The summed E-state index contributed by atoms with van der Waals surface area (Å²) in [6.07, 6.45) is 13.1. The molecule has 3 rings (SSSR count). The number of carbonyl (C=O) groups is 1. The Bertz CT molecular complexity index is 958. The number of carbonyl (C=O) groups excluding carboxylic acids is 1. The fraction of sp³-hybridized carbons (Fsp3) is 0.667. The van der Waals surface area contributed by atoms with Gasteiger partial charge in [-0.3, -0.25) is 4.79 Å². The Morgan fingerprint density at radius 2 is 1.34 bits per heavy atom. The highest BCUT2D eigenvalue weighted by atomic mass is 16.5. The van der Waals surface area contributed by atoms with Crippen molar-refractivity contribution in [2.45, 2.75) is 76.7 Å². The van der Waals surface area contributed by atoms with Crippen molar-refractivity contribution in [2.24, 2.45) is 5.73 Å². The van der Waals surface area contributed by atoms with Gasteiger partial charge >= 0.3 is 0 Å². The number of hydrogen-bond donors (Lipinski definition) is 5. The highest BCUT2D eigenvalue weighted by Crippen LogP contribution is 2.20. The molecule has 228 valence electrons. The molecule has 2 aromatic rings. The van der Waals surface area contributed by atoms with Crippen molar-refractivity contribution in [3.63, 3.8) is 0 Å². The Labute approximate surface area is 245 Å². The molecule has 0 atom stereocenters. The van der Waals surface area contributed by atoms with Crippen molar-refractivity contribution in [2.75, 3.05) is 68.6 Å². The smallest absolute Gasteiger partial charge is 0.251 e. The number of nitrogens with zero attached hydrogens (tertiary/aromatic N) is 3. The van der Waals surface area contributed by atoms with Gasteiger partial charge in [0.15, 0.2) is 0 Å². The topological polar surface area (TPSA) is 148 Å². The van der Waals surface area contributed by atoms with Gasteiger partial charge in [-0.1, -0.05) is 63.1 Å². The monoisotopic (exact) mass is 570 g/mol. The highest BCUT2D eigenvalue weighted by molar-refractivity contribution is 5.94. The molecule has 1 saturated carbocycles. The molecule has 0 unspecified atom stereocenters. The molecule has 0 radical (unpaired) electrons. The average Bonchev–Trinajstić information content (AvgIpc) is 2.97. The van der Waals surface area contributed by atoms with Crippen LogP contribution in [0.5, 0.6) is 0 Å². The van der Waals surface area contributed by atoms with Gasteiger partial charge in [-0.25, -0.2) is 0 Å². The molecule has 0 aliphatic heterocycles. The molecule has 1 aromatic carbocycles. The maximum absolute atomic E-state index is 12.0. The Morgan fingerprint density at radius 3 is 2.05 bits per heavy atom. The number of rotatable bonds is 20. The van der Waals surface area contributed by atoms with Gasteiger partial charge in [0.05, 0.1) is 26.4 Å². The molecule has 11 heteroatoms. The van der Waals surface area contributed by atoms with Gasteiger partial charge in [0.2, 0.25) is 17.8 Å². The second-order valence-electron chi connectivity index (χ2n) is 10.4. The number of ether oxygens (including phenoxy) is 2. The van der Waals surface area contributed by atoms with Gasteiger partial charge in [0.25, 0.3) is 5.91 Å². The van der Waals surface area contributed by atoms with Gasteiger partial charge in [-0.2, -0.15) is 15.0 Å². The van der Waals surface area contributed by atoms with Crippen LogP contribution in [0.25, 0.3) is 0 Å². The Kier molecular flexibility index (Phi) is 16.5. The maximum atomic E-state index is 12.0. The van der Waals surface area contributed by atoms with Crippen LogP contribution in [0.3, 0.4) is 0 Å². The minimum Gasteiger partial charge on any atom is -0.377 e. The van der Waals surface area contributed by atoms with Crippen LogP contribution >= 0.6 is 0 Å². The van der Waals surface area contributed by atoms with Crippen molar-refractivity contribution in [1.82, 2.24) is 20.3 Å². The quantitative estimate of drug-likeness (QED) is 0.147. The lowest BCUT2D eigenvalue weighted by Gasteiger charge is -2.21. The molecule has 0 saturated heterocycles. The van der Waals surface area contributed by atoms with Crippen LogP contribution in [0.1, 0.15) is 81.0 Å². The first-order valence-electron chi connectivity index (χ1n) is 15.4. The number of benzene rings is 1. The zero-order valence-corrected chi connectivity index (χ0v) is 24.5. The summed E-state index contributed by atoms with van der Waals surface area (Å²) < 4.78 is 11.2. The van der Waals surface area contributed by atoms with E-state index in [-0.39, 0.29) is 5.91 Å². The van der Waals surface area contributed by atoms with E-state index in [4.69, 9.17) is 15.2 Å². The van der Waals surface area contributed by atoms with Crippen molar-refractivity contribution in [1.29, 1.82) is 0 Å². The first kappa shape index (κ1) is 32.5. The largest absolute Gasteiger partial charge is 0.377 e. The maximum Gasteiger partial charge on any atom is 0.251 e. The normalized spacial score (nSPS) is 14.2. The predicted molar refractivity (Wildman–Crippen MR) is 164 cm³/mol. The summed E-state index contributed by atoms with van der Waals surface area (Å²) in [6.45, 7) is 4.44. The number of unbranched alkanes of at least 4 members (excludes halogenated alkanes) is 3. The third-order valence-corrected chi connectivity index (χ3v) is 6.96. The van der Waals surface area contributed by atoms with E-state index in [9.17, 15) is 4.79 Å². The minimum atomic E-state index is -0.0984. The highest BCUT2D eigenvalue weighted by Gasteiger charge is 2.14. The number of nitrogens with one attached hydrogen (secondary N) is 4. The zero-order valence-electron chi connectivity index (χ0n) is 24.5. The summed E-state index contributed by atoms with van der Waals surface area (Å²) in [4.78, 5) is 25.9. The molecular weight excluding hydrogens is 520 g/mol. The summed E-state index contributed by atoms with van der Waals surface area (Å²) in [5.41, 5.74) is 6.24. The molecule has 1 fully saturated rings. The molecule has 11 nitrogen and oxygen atoms in total. The molecular formula is C30H50N8O3. The number of nitrogens with two attached hydrogens (primary N) is 1. The number of aromatic nitrogens is 3. The van der Waals surface area contributed by atoms with Crippen LogP contribution in [0.4, 0.5) is 17.8 Å². The molecule has 0 bridgehead atoms. The van der Waals surface area contributed by atoms with E-state index < -0.39 is 0 Å². The molecule has 6 N–H and O–H groups in total. The number of anilines is 3. The average molecular weight is 571 g/mol. The van der Waals surface area contributed by atoms with Crippen LogP contribution in [0.15, 0.2) is 30.3 Å². The first-order valence-corrected chi connectivity index (χ1v) is 15.4. The fourth-order valence-electron chi connectivity index (χ4n) is 4.69. The van der Waals surface area contributed by atoms with E-state index in [1.165, 1.54) is 32.1 Å². The van der Waals surface area contributed by atoms with Crippen molar-refractivity contribution < 1.29 is 14.3 Å². The Hall–Kier alpha value is -3.02. The number of hydrogen-bond acceptors (Lipinski definition) is 10. The van der Waals surface area contributed by atoms with Crippen LogP contribution in [-0.4, -0.2) is 79.5 Å². The summed E-state index contributed by atoms with van der Waals surface area (Å²) in [7, 11) is 0. The van der Waals surface area contributed by atoms with Crippen LogP contribution < -0.4 is 27.0 Å². The molecule has 1 heterocycles. The van der Waals surface area contributed by atoms with Crippen LogP contribution in [-0.2, 0) is 9.47 Å². The van der Waals surface area contributed by atoms with Gasteiger partial charge < -0.3 is 36.5 Å². The molecule has 41 heavy (non-hydrogen) atoms. The minimum absolute atomic E-state index is 0.0984. The van der Waals surface area contributed by atoms with E-state index >= 15 is 0 Å². The summed E-state index contributed by atoms with van der Waals surface area (Å²) in [5, 5.41) is 13.1. The third-order valence-electron chi connectivity index (χ3n) is 6.96. The van der Waals surface area contributed by atoms with E-state index in [1.54, 1.807) is 12.1 Å². The van der Waals surface area contributed by atoms with Crippen molar-refractivity contribution >= 4 is 23.8 Å². The zero-order chi connectivity index (χ0) is 28.8. The van der Waals surface area contributed by atoms with Gasteiger partial charge in [0.1, 0.15) is 0 Å². The Morgan fingerprint density at radius 1 is 0.732 bits per heavy atom. The second-order valence-corrected chi connectivity index (χ2v) is 10.4. The summed E-state index contributed by atoms with van der Waals surface area (Å²) in [6, 6.07) is 9.54. The molecule has 1 aliphatic carbocycles. The van der Waals surface area contributed by atoms with E-state index in [0.29, 0.717) is 69.0 Å². The molecule has 0 spiro atoms. The first-order chi connectivity index (χ1) is 20.2. The summed E-state index contributed by atoms with van der Waals surface area (Å²) >= 11 is 0. The van der Waals surface area contributed by atoms with Crippen LogP contribution in [0.2, 0.25) is 0 Å². The number of amides is 1. The van der Waals surface area contributed by atoms with Gasteiger partial charge in [-0.05, 0) is 44.4 Å². The lowest BCUT2D eigenvalue weighted by molar-refractivity contribution is 0.0519. The van der Waals surface area contributed by atoms with E-state index in [2.05, 4.69) is 36.2 Å². The standard InChI is InChI=1S/C30H50N8O3/c31-17-11-4-5-12-18-33-28-36-29(38-30(37-28)35-26-15-9-2-1-3-10-16-26)34-20-22-41-24-23-40-21-19-32-27(39)25-13-7-6-8-14-25/h6-8,13-14,26H,1-5,9-12,15-24,31H2,(H,32,39)(H3,33,34,35,36,37,38). The lowest BCUT2D eigenvalue weighted by Crippen LogP contribution is -2.27. The predicted octanol–water partition coefficient (Wildman–Crippen LogP) is 4.20. The van der Waals surface area contributed by atoms with Crippen LogP contribution in [0, 0.1) is 0 Å². The fourth-order valence-corrected chi connectivity index (χ4v) is 4.69. The van der Waals surface area contributed by atoms with Gasteiger partial charge in [-0.15, -0.1) is 0 Å². The third kappa shape index (κ3) is 14.4. The van der Waals surface area contributed by atoms with E-state index in [0.717, 1.165) is 51.6 Å². The summed E-state index contributed by atoms with van der Waals surface area (Å²) in [5.74, 6) is 1.64. The molecule has 1 aliphatic rings. The SMILES string of the molecule is NCCCCCCNc1nc(NCCOCCOCCNC(=O)c2ccccc2)nc(NC2CCCCCCC2)n1. The molecule has 1 aromatic heterocycles. The lowest BCUT2D eigenvalue weighted by atomic mass is 9.97. The van der Waals surface area contributed by atoms with Crippen molar-refractivity contribution in [3.05, 3.63) is 35.9 Å². The van der Waals surface area contributed by atoms with Gasteiger partial charge in [0, 0.05) is 31.2 Å².